The number of carbonyl (C=O) groups is 1. The first-order chi connectivity index (χ1) is 11.5. The molecular formula is C13H11N7O4. The Kier molecular flexibility index (Phi) is 3.89. The van der Waals surface area contributed by atoms with E-state index >= 15 is 0 Å². The van der Waals surface area contributed by atoms with Crippen molar-refractivity contribution in [3.8, 4) is 5.75 Å². The molecule has 24 heavy (non-hydrogen) atoms. The first-order valence-electron chi connectivity index (χ1n) is 6.69. The number of rotatable bonds is 5. The van der Waals surface area contributed by atoms with E-state index in [0.29, 0.717) is 5.69 Å². The van der Waals surface area contributed by atoms with Crippen LogP contribution in [0.5, 0.6) is 5.75 Å². The second-order valence-corrected chi connectivity index (χ2v) is 4.73. The van der Waals surface area contributed by atoms with Crippen LogP contribution < -0.4 is 5.32 Å². The molecule has 2 heterocycles. The molecule has 122 valence electrons. The Morgan fingerprint density at radius 3 is 2.83 bits per heavy atom. The average molecular weight is 329 g/mol. The number of nitrogens with one attached hydrogen (secondary N) is 1. The summed E-state index contributed by atoms with van der Waals surface area (Å²) >= 11 is 0. The van der Waals surface area contributed by atoms with Crippen molar-refractivity contribution in [1.29, 1.82) is 0 Å². The zero-order valence-electron chi connectivity index (χ0n) is 12.1. The van der Waals surface area contributed by atoms with Crippen LogP contribution in [-0.2, 0) is 6.67 Å². The van der Waals surface area contributed by atoms with E-state index in [-0.39, 0.29) is 18.1 Å². The molecule has 1 aromatic carbocycles. The molecule has 2 aromatic heterocycles. The van der Waals surface area contributed by atoms with Crippen molar-refractivity contribution >= 4 is 17.5 Å². The minimum atomic E-state index is -0.701. The summed E-state index contributed by atoms with van der Waals surface area (Å²) in [5, 5.41) is 30.2. The van der Waals surface area contributed by atoms with Crippen LogP contribution in [0.4, 0.5) is 11.6 Å². The molecule has 0 atom stereocenters. The highest BCUT2D eigenvalue weighted by Crippen LogP contribution is 2.16. The zero-order valence-corrected chi connectivity index (χ0v) is 12.1. The van der Waals surface area contributed by atoms with Crippen LogP contribution in [0.2, 0.25) is 0 Å². The normalized spacial score (nSPS) is 10.5. The van der Waals surface area contributed by atoms with Crippen molar-refractivity contribution in [3.05, 3.63) is 58.7 Å². The van der Waals surface area contributed by atoms with Crippen LogP contribution in [0, 0.1) is 10.1 Å². The molecule has 0 aliphatic carbocycles. The Morgan fingerprint density at radius 1 is 1.29 bits per heavy atom. The highest BCUT2D eigenvalue weighted by atomic mass is 16.6. The molecule has 0 saturated heterocycles. The van der Waals surface area contributed by atoms with Crippen molar-refractivity contribution < 1.29 is 14.8 Å². The van der Waals surface area contributed by atoms with Crippen molar-refractivity contribution in [1.82, 2.24) is 24.5 Å². The highest BCUT2D eigenvalue weighted by molar-refractivity contribution is 6.02. The number of nitro groups is 1. The number of benzene rings is 1. The maximum absolute atomic E-state index is 12.1. The van der Waals surface area contributed by atoms with E-state index < -0.39 is 16.8 Å². The fourth-order valence-electron chi connectivity index (χ4n) is 1.93. The van der Waals surface area contributed by atoms with Crippen molar-refractivity contribution in [2.45, 2.75) is 6.67 Å². The van der Waals surface area contributed by atoms with Crippen LogP contribution in [-0.4, -0.2) is 40.5 Å². The summed E-state index contributed by atoms with van der Waals surface area (Å²) in [7, 11) is 0. The van der Waals surface area contributed by atoms with Gasteiger partial charge in [-0.2, -0.15) is 9.78 Å². The standard InChI is InChI=1S/C13H11N7O4/c21-10-3-1-2-9(6-10)15-12(22)11-4-5-18(16-11)8-19-7-14-13(17-19)20(23)24/h1-7,21H,8H2,(H,15,22). The molecule has 11 heteroatoms. The fourth-order valence-corrected chi connectivity index (χ4v) is 1.93. The van der Waals surface area contributed by atoms with Gasteiger partial charge in [-0.3, -0.25) is 4.79 Å². The first-order valence-corrected chi connectivity index (χ1v) is 6.69. The molecule has 0 aliphatic heterocycles. The van der Waals surface area contributed by atoms with E-state index in [1.807, 2.05) is 0 Å². The van der Waals surface area contributed by atoms with Crippen molar-refractivity contribution in [3.63, 3.8) is 0 Å². The number of amides is 1. The van der Waals surface area contributed by atoms with Gasteiger partial charge < -0.3 is 20.5 Å². The van der Waals surface area contributed by atoms with E-state index in [1.54, 1.807) is 12.1 Å². The van der Waals surface area contributed by atoms with Gasteiger partial charge in [-0.15, -0.1) is 0 Å². The molecule has 1 amide bonds. The summed E-state index contributed by atoms with van der Waals surface area (Å²) in [4.78, 5) is 25.4. The lowest BCUT2D eigenvalue weighted by Crippen LogP contribution is -2.15. The van der Waals surface area contributed by atoms with Gasteiger partial charge >= 0.3 is 5.95 Å². The third-order valence-corrected chi connectivity index (χ3v) is 2.95. The van der Waals surface area contributed by atoms with Crippen LogP contribution in [0.3, 0.4) is 0 Å². The summed E-state index contributed by atoms with van der Waals surface area (Å²) in [6.45, 7) is 0.0697. The number of phenolic OH excluding ortho intramolecular Hbond substituents is 1. The van der Waals surface area contributed by atoms with Gasteiger partial charge in [0.2, 0.25) is 6.33 Å². The topological polar surface area (TPSA) is 141 Å². The molecule has 0 fully saturated rings. The van der Waals surface area contributed by atoms with Gasteiger partial charge in [0.25, 0.3) is 5.91 Å². The molecule has 0 spiro atoms. The van der Waals surface area contributed by atoms with Gasteiger partial charge in [-0.05, 0) is 23.1 Å². The minimum absolute atomic E-state index is 0.0334. The molecule has 3 aromatic rings. The lowest BCUT2D eigenvalue weighted by Gasteiger charge is -2.03. The zero-order chi connectivity index (χ0) is 17.1. The Hall–Kier alpha value is -3.76. The quantitative estimate of drug-likeness (QED) is 0.522. The summed E-state index contributed by atoms with van der Waals surface area (Å²) in [6, 6.07) is 7.61. The number of aromatic nitrogens is 5. The van der Waals surface area contributed by atoms with E-state index in [2.05, 4.69) is 20.5 Å². The van der Waals surface area contributed by atoms with Crippen LogP contribution in [0.25, 0.3) is 0 Å². The molecule has 0 radical (unpaired) electrons. The Labute approximate surface area is 134 Å². The number of hydrogen-bond donors (Lipinski definition) is 2. The highest BCUT2D eigenvalue weighted by Gasteiger charge is 2.14. The second kappa shape index (κ2) is 6.16. The van der Waals surface area contributed by atoms with E-state index in [4.69, 9.17) is 0 Å². The summed E-state index contributed by atoms with van der Waals surface area (Å²) < 4.78 is 2.61. The predicted molar refractivity (Wildman–Crippen MR) is 80.4 cm³/mol. The molecule has 0 saturated carbocycles. The number of hydrogen-bond acceptors (Lipinski definition) is 7. The molecule has 3 rings (SSSR count). The van der Waals surface area contributed by atoms with E-state index in [9.17, 15) is 20.0 Å². The average Bonchev–Trinajstić information content (AvgIpc) is 3.17. The van der Waals surface area contributed by atoms with Crippen LogP contribution >= 0.6 is 0 Å². The number of nitrogens with zero attached hydrogens (tertiary/aromatic N) is 6. The lowest BCUT2D eigenvalue weighted by molar-refractivity contribution is -0.394. The van der Waals surface area contributed by atoms with Gasteiger partial charge in [0.1, 0.15) is 5.75 Å². The maximum Gasteiger partial charge on any atom is 0.491 e. The summed E-state index contributed by atoms with van der Waals surface area (Å²) in [5.41, 5.74) is 0.578. The Balaban J connectivity index is 1.68. The Bertz CT molecular complexity index is 901. The number of phenols is 1. The summed E-state index contributed by atoms with van der Waals surface area (Å²) in [6.07, 6.45) is 2.73. The van der Waals surface area contributed by atoms with Gasteiger partial charge in [0.15, 0.2) is 12.4 Å². The van der Waals surface area contributed by atoms with E-state index in [1.165, 1.54) is 40.1 Å². The number of aromatic hydroxyl groups is 1. The van der Waals surface area contributed by atoms with Gasteiger partial charge in [0, 0.05) is 23.0 Å². The molecular weight excluding hydrogens is 318 g/mol. The molecule has 0 bridgehead atoms. The molecule has 11 nitrogen and oxygen atoms in total. The van der Waals surface area contributed by atoms with Gasteiger partial charge in [0.05, 0.1) is 0 Å². The smallest absolute Gasteiger partial charge is 0.491 e. The number of anilines is 1. The fraction of sp³-hybridized carbons (Fsp3) is 0.0769. The third-order valence-electron chi connectivity index (χ3n) is 2.95. The third kappa shape index (κ3) is 3.35. The van der Waals surface area contributed by atoms with Crippen LogP contribution in [0.15, 0.2) is 42.9 Å². The molecule has 0 aliphatic rings. The van der Waals surface area contributed by atoms with Gasteiger partial charge in [-0.25, -0.2) is 4.68 Å². The number of carbonyl (C=O) groups excluding carboxylic acids is 1. The Morgan fingerprint density at radius 2 is 2.12 bits per heavy atom. The largest absolute Gasteiger partial charge is 0.508 e. The molecule has 2 N–H and O–H groups in total. The SMILES string of the molecule is O=C(Nc1cccc(O)c1)c1ccn(Cn2cnc([N+](=O)[O-])n2)n1. The van der Waals surface area contributed by atoms with Crippen LogP contribution in [0.1, 0.15) is 10.5 Å². The van der Waals surface area contributed by atoms with E-state index in [0.717, 1.165) is 0 Å². The maximum atomic E-state index is 12.1. The molecule has 0 unspecified atom stereocenters. The summed E-state index contributed by atoms with van der Waals surface area (Å²) in [5.74, 6) is -0.931. The first kappa shape index (κ1) is 15.1. The second-order valence-electron chi connectivity index (χ2n) is 4.73. The van der Waals surface area contributed by atoms with Crippen molar-refractivity contribution in [2.75, 3.05) is 5.32 Å². The van der Waals surface area contributed by atoms with Gasteiger partial charge in [-0.1, -0.05) is 11.1 Å². The lowest BCUT2D eigenvalue weighted by atomic mass is 10.3. The van der Waals surface area contributed by atoms with Crippen molar-refractivity contribution in [2.24, 2.45) is 0 Å². The minimum Gasteiger partial charge on any atom is -0.508 e. The predicted octanol–water partition coefficient (Wildman–Crippen LogP) is 0.846. The monoisotopic (exact) mass is 329 g/mol.